The Hall–Kier alpha value is -4.06. The molecule has 3 aromatic carbocycles. The van der Waals surface area contributed by atoms with Gasteiger partial charge in [-0.15, -0.1) is 0 Å². The molecule has 0 saturated carbocycles. The van der Waals surface area contributed by atoms with Gasteiger partial charge >= 0.3 is 0 Å². The van der Waals surface area contributed by atoms with Gasteiger partial charge in [-0.05, 0) is 61.5 Å². The van der Waals surface area contributed by atoms with E-state index in [9.17, 15) is 9.18 Å². The molecule has 0 aliphatic rings. The fourth-order valence-corrected chi connectivity index (χ4v) is 2.86. The number of halogens is 1. The SMILES string of the molecule is Cc1ccc(-c2nccc(Nc3ccc(C(=O)Nc4ccc(F)cc4)cc3)n2)cc1. The lowest BCUT2D eigenvalue weighted by Crippen LogP contribution is -2.11. The van der Waals surface area contributed by atoms with Crippen LogP contribution < -0.4 is 10.6 Å². The van der Waals surface area contributed by atoms with Crippen LogP contribution in [0.15, 0.2) is 85.1 Å². The van der Waals surface area contributed by atoms with E-state index in [0.29, 0.717) is 22.9 Å². The van der Waals surface area contributed by atoms with Crippen molar-refractivity contribution in [2.24, 2.45) is 0 Å². The maximum Gasteiger partial charge on any atom is 0.255 e. The van der Waals surface area contributed by atoms with Crippen molar-refractivity contribution in [3.8, 4) is 11.4 Å². The Morgan fingerprint density at radius 2 is 1.50 bits per heavy atom. The maximum atomic E-state index is 13.0. The number of hydrogen-bond donors (Lipinski definition) is 2. The fraction of sp³-hybridized carbons (Fsp3) is 0.0417. The van der Waals surface area contributed by atoms with E-state index in [2.05, 4.69) is 20.6 Å². The summed E-state index contributed by atoms with van der Waals surface area (Å²) in [6.07, 6.45) is 1.70. The number of hydrogen-bond acceptors (Lipinski definition) is 4. The number of amides is 1. The molecule has 0 fully saturated rings. The van der Waals surface area contributed by atoms with Crippen LogP contribution in [-0.4, -0.2) is 15.9 Å². The van der Waals surface area contributed by atoms with Gasteiger partial charge in [0.15, 0.2) is 5.82 Å². The van der Waals surface area contributed by atoms with Crippen molar-refractivity contribution in [3.63, 3.8) is 0 Å². The summed E-state index contributed by atoms with van der Waals surface area (Å²) in [6, 6.07) is 22.5. The number of carbonyl (C=O) groups is 1. The molecule has 1 amide bonds. The summed E-state index contributed by atoms with van der Waals surface area (Å²) in [5.41, 5.74) is 3.94. The Bertz CT molecular complexity index is 1160. The standard InChI is InChI=1S/C24H19FN4O/c1-16-2-4-17(5-3-16)23-26-15-14-22(29-23)27-20-10-6-18(7-11-20)24(30)28-21-12-8-19(25)9-13-21/h2-15H,1H3,(H,28,30)(H,26,27,29). The molecule has 4 rings (SSSR count). The van der Waals surface area contributed by atoms with Crippen molar-refractivity contribution < 1.29 is 9.18 Å². The Morgan fingerprint density at radius 3 is 2.20 bits per heavy atom. The molecule has 148 valence electrons. The molecule has 30 heavy (non-hydrogen) atoms. The monoisotopic (exact) mass is 398 g/mol. The van der Waals surface area contributed by atoms with Gasteiger partial charge in [0, 0.05) is 28.7 Å². The van der Waals surface area contributed by atoms with Gasteiger partial charge in [-0.2, -0.15) is 0 Å². The third kappa shape index (κ3) is 4.67. The molecule has 2 N–H and O–H groups in total. The summed E-state index contributed by atoms with van der Waals surface area (Å²) in [6.45, 7) is 2.03. The van der Waals surface area contributed by atoms with Gasteiger partial charge in [0.1, 0.15) is 11.6 Å². The van der Waals surface area contributed by atoms with Crippen LogP contribution in [0.25, 0.3) is 11.4 Å². The third-order valence-electron chi connectivity index (χ3n) is 4.49. The highest BCUT2D eigenvalue weighted by Crippen LogP contribution is 2.20. The molecule has 0 atom stereocenters. The van der Waals surface area contributed by atoms with Gasteiger partial charge in [-0.1, -0.05) is 29.8 Å². The van der Waals surface area contributed by atoms with Crippen LogP contribution in [0.4, 0.5) is 21.6 Å². The normalized spacial score (nSPS) is 10.5. The van der Waals surface area contributed by atoms with E-state index in [-0.39, 0.29) is 11.7 Å². The Kier molecular flexibility index (Phi) is 5.48. The van der Waals surface area contributed by atoms with Crippen LogP contribution >= 0.6 is 0 Å². The second-order valence-corrected chi connectivity index (χ2v) is 6.79. The van der Waals surface area contributed by atoms with Crippen LogP contribution in [0.3, 0.4) is 0 Å². The summed E-state index contributed by atoms with van der Waals surface area (Å²) >= 11 is 0. The molecule has 4 aromatic rings. The topological polar surface area (TPSA) is 66.9 Å². The predicted molar refractivity (Wildman–Crippen MR) is 116 cm³/mol. The lowest BCUT2D eigenvalue weighted by molar-refractivity contribution is 0.102. The van der Waals surface area contributed by atoms with Crippen molar-refractivity contribution in [2.75, 3.05) is 10.6 Å². The van der Waals surface area contributed by atoms with E-state index in [4.69, 9.17) is 0 Å². The highest BCUT2D eigenvalue weighted by molar-refractivity contribution is 6.04. The molecule has 0 radical (unpaired) electrons. The van der Waals surface area contributed by atoms with Crippen molar-refractivity contribution in [3.05, 3.63) is 102 Å². The van der Waals surface area contributed by atoms with Gasteiger partial charge in [-0.25, -0.2) is 14.4 Å². The van der Waals surface area contributed by atoms with Crippen LogP contribution in [0.2, 0.25) is 0 Å². The average molecular weight is 398 g/mol. The lowest BCUT2D eigenvalue weighted by Gasteiger charge is -2.09. The maximum absolute atomic E-state index is 13.0. The largest absolute Gasteiger partial charge is 0.340 e. The average Bonchev–Trinajstić information content (AvgIpc) is 2.76. The molecular weight excluding hydrogens is 379 g/mol. The smallest absolute Gasteiger partial charge is 0.255 e. The van der Waals surface area contributed by atoms with Crippen LogP contribution in [-0.2, 0) is 0 Å². The molecule has 0 aliphatic heterocycles. The van der Waals surface area contributed by atoms with Crippen LogP contribution in [0.1, 0.15) is 15.9 Å². The zero-order chi connectivity index (χ0) is 20.9. The number of benzene rings is 3. The minimum Gasteiger partial charge on any atom is -0.340 e. The van der Waals surface area contributed by atoms with Crippen molar-refractivity contribution >= 4 is 23.1 Å². The quantitative estimate of drug-likeness (QED) is 0.460. The first-order chi connectivity index (χ1) is 14.6. The Balaban J connectivity index is 1.44. The first kappa shape index (κ1) is 19.3. The highest BCUT2D eigenvalue weighted by Gasteiger charge is 2.07. The molecular formula is C24H19FN4O. The van der Waals surface area contributed by atoms with E-state index in [1.54, 1.807) is 36.5 Å². The van der Waals surface area contributed by atoms with Crippen molar-refractivity contribution in [1.82, 2.24) is 9.97 Å². The van der Waals surface area contributed by atoms with Gasteiger partial charge in [0.25, 0.3) is 5.91 Å². The summed E-state index contributed by atoms with van der Waals surface area (Å²) in [4.78, 5) is 21.2. The second-order valence-electron chi connectivity index (χ2n) is 6.79. The van der Waals surface area contributed by atoms with Gasteiger partial charge in [0.05, 0.1) is 0 Å². The van der Waals surface area contributed by atoms with Crippen molar-refractivity contribution in [2.45, 2.75) is 6.92 Å². The zero-order valence-electron chi connectivity index (χ0n) is 16.3. The van der Waals surface area contributed by atoms with E-state index in [1.165, 1.54) is 29.8 Å². The van der Waals surface area contributed by atoms with E-state index in [0.717, 1.165) is 11.3 Å². The summed E-state index contributed by atoms with van der Waals surface area (Å²) in [5.74, 6) is 0.676. The number of aryl methyl sites for hydroxylation is 1. The lowest BCUT2D eigenvalue weighted by atomic mass is 10.1. The number of anilines is 3. The minimum absolute atomic E-state index is 0.267. The molecule has 5 nitrogen and oxygen atoms in total. The summed E-state index contributed by atoms with van der Waals surface area (Å²) < 4.78 is 13.0. The second kappa shape index (κ2) is 8.53. The number of nitrogens with one attached hydrogen (secondary N) is 2. The molecule has 0 saturated heterocycles. The number of rotatable bonds is 5. The molecule has 6 heteroatoms. The van der Waals surface area contributed by atoms with Gasteiger partial charge in [0.2, 0.25) is 0 Å². The Labute approximate surface area is 173 Å². The number of aromatic nitrogens is 2. The Morgan fingerprint density at radius 1 is 0.833 bits per heavy atom. The minimum atomic E-state index is -0.348. The molecule has 1 heterocycles. The molecule has 0 bridgehead atoms. The number of carbonyl (C=O) groups excluding carboxylic acids is 1. The fourth-order valence-electron chi connectivity index (χ4n) is 2.86. The highest BCUT2D eigenvalue weighted by atomic mass is 19.1. The molecule has 0 aliphatic carbocycles. The van der Waals surface area contributed by atoms with Crippen LogP contribution in [0.5, 0.6) is 0 Å². The molecule has 0 spiro atoms. The zero-order valence-corrected chi connectivity index (χ0v) is 16.3. The summed E-state index contributed by atoms with van der Waals surface area (Å²) in [5, 5.41) is 5.96. The van der Waals surface area contributed by atoms with Crippen molar-refractivity contribution in [1.29, 1.82) is 0 Å². The summed E-state index contributed by atoms with van der Waals surface area (Å²) in [7, 11) is 0. The first-order valence-electron chi connectivity index (χ1n) is 9.41. The molecule has 0 unspecified atom stereocenters. The molecule has 1 aromatic heterocycles. The van der Waals surface area contributed by atoms with E-state index < -0.39 is 0 Å². The predicted octanol–water partition coefficient (Wildman–Crippen LogP) is 5.59. The third-order valence-corrected chi connectivity index (χ3v) is 4.49. The first-order valence-corrected chi connectivity index (χ1v) is 9.41. The number of nitrogens with zero attached hydrogens (tertiary/aromatic N) is 2. The van der Waals surface area contributed by atoms with E-state index in [1.807, 2.05) is 31.2 Å². The van der Waals surface area contributed by atoms with Gasteiger partial charge in [-0.3, -0.25) is 4.79 Å². The van der Waals surface area contributed by atoms with Gasteiger partial charge < -0.3 is 10.6 Å². The van der Waals surface area contributed by atoms with Crippen LogP contribution in [0, 0.1) is 12.7 Å². The van der Waals surface area contributed by atoms with E-state index >= 15 is 0 Å².